The van der Waals surface area contributed by atoms with E-state index in [9.17, 15) is 4.79 Å². The van der Waals surface area contributed by atoms with Gasteiger partial charge in [-0.05, 0) is 17.7 Å². The molecule has 0 bridgehead atoms. The molecule has 0 saturated heterocycles. The van der Waals surface area contributed by atoms with Crippen molar-refractivity contribution in [2.45, 2.75) is 6.54 Å². The van der Waals surface area contributed by atoms with Crippen LogP contribution in [0.1, 0.15) is 15.9 Å². The van der Waals surface area contributed by atoms with Crippen LogP contribution >= 0.6 is 0 Å². The van der Waals surface area contributed by atoms with Crippen LogP contribution in [-0.4, -0.2) is 38.2 Å². The van der Waals surface area contributed by atoms with Gasteiger partial charge in [-0.15, -0.1) is 5.10 Å². The lowest BCUT2D eigenvalue weighted by atomic mass is 10.2. The number of pyridine rings is 1. The quantitative estimate of drug-likeness (QED) is 0.782. The Kier molecular flexibility index (Phi) is 3.23. The number of hydrogen-bond acceptors (Lipinski definition) is 5. The molecule has 1 aromatic carbocycles. The van der Waals surface area contributed by atoms with Crippen LogP contribution in [0, 0.1) is 0 Å². The number of nitrogens with zero attached hydrogens (tertiary/aromatic N) is 4. The van der Waals surface area contributed by atoms with Crippen molar-refractivity contribution < 1.29 is 14.6 Å². The second-order valence-corrected chi connectivity index (χ2v) is 4.43. The zero-order chi connectivity index (χ0) is 14.8. The Hall–Kier alpha value is -2.96. The van der Waals surface area contributed by atoms with Crippen molar-refractivity contribution in [1.82, 2.24) is 20.0 Å². The normalized spacial score (nSPS) is 10.7. The summed E-state index contributed by atoms with van der Waals surface area (Å²) in [6.45, 7) is 0.455. The molecule has 0 aliphatic heterocycles. The van der Waals surface area contributed by atoms with Gasteiger partial charge in [0.15, 0.2) is 0 Å². The minimum atomic E-state index is -1.02. The zero-order valence-electron chi connectivity index (χ0n) is 11.2. The van der Waals surface area contributed by atoms with Crippen LogP contribution in [0.15, 0.2) is 36.5 Å². The standard InChI is InChI=1S/C14H12N4O3/c1-21-12-6-5-9(7-15-12)8-18-11-4-2-3-10(14(19)20)13(11)16-17-18/h2-7H,8H2,1H3,(H,19,20). The van der Waals surface area contributed by atoms with E-state index in [1.807, 2.05) is 6.07 Å². The average Bonchev–Trinajstić information content (AvgIpc) is 2.91. The number of hydrogen-bond donors (Lipinski definition) is 1. The highest BCUT2D eigenvalue weighted by Gasteiger charge is 2.13. The molecule has 3 aromatic rings. The molecule has 1 N–H and O–H groups in total. The lowest BCUT2D eigenvalue weighted by Crippen LogP contribution is -2.03. The van der Waals surface area contributed by atoms with Gasteiger partial charge in [0.2, 0.25) is 5.88 Å². The highest BCUT2D eigenvalue weighted by molar-refractivity contribution is 6.00. The molecule has 2 heterocycles. The van der Waals surface area contributed by atoms with Gasteiger partial charge >= 0.3 is 5.97 Å². The third kappa shape index (κ3) is 2.40. The van der Waals surface area contributed by atoms with Gasteiger partial charge in [0.05, 0.1) is 24.7 Å². The largest absolute Gasteiger partial charge is 0.481 e. The Balaban J connectivity index is 1.97. The Labute approximate surface area is 119 Å². The molecule has 0 unspecified atom stereocenters. The maximum Gasteiger partial charge on any atom is 0.338 e. The van der Waals surface area contributed by atoms with Crippen LogP contribution in [0.4, 0.5) is 0 Å². The lowest BCUT2D eigenvalue weighted by molar-refractivity contribution is 0.0699. The fourth-order valence-corrected chi connectivity index (χ4v) is 2.08. The van der Waals surface area contributed by atoms with Crippen LogP contribution in [0.2, 0.25) is 0 Å². The fourth-order valence-electron chi connectivity index (χ4n) is 2.08. The van der Waals surface area contributed by atoms with Gasteiger partial charge in [0.1, 0.15) is 5.52 Å². The Morgan fingerprint density at radius 1 is 1.33 bits per heavy atom. The van der Waals surface area contributed by atoms with Crippen molar-refractivity contribution in [3.8, 4) is 5.88 Å². The van der Waals surface area contributed by atoms with E-state index in [1.165, 1.54) is 6.07 Å². The second kappa shape index (κ2) is 5.20. The number of benzene rings is 1. The van der Waals surface area contributed by atoms with Crippen molar-refractivity contribution in [3.05, 3.63) is 47.7 Å². The molecule has 0 spiro atoms. The molecular weight excluding hydrogens is 272 g/mol. The molecule has 7 nitrogen and oxygen atoms in total. The number of carbonyl (C=O) groups is 1. The van der Waals surface area contributed by atoms with E-state index < -0.39 is 5.97 Å². The number of ether oxygens (including phenoxy) is 1. The monoisotopic (exact) mass is 284 g/mol. The number of aromatic carboxylic acids is 1. The van der Waals surface area contributed by atoms with Crippen molar-refractivity contribution in [3.63, 3.8) is 0 Å². The molecule has 7 heteroatoms. The SMILES string of the molecule is COc1ccc(Cn2nnc3c(C(=O)O)cccc32)cn1. The van der Waals surface area contributed by atoms with Crippen molar-refractivity contribution in [2.75, 3.05) is 7.11 Å². The molecule has 3 rings (SSSR count). The van der Waals surface area contributed by atoms with E-state index in [0.29, 0.717) is 23.5 Å². The highest BCUT2D eigenvalue weighted by Crippen LogP contribution is 2.17. The van der Waals surface area contributed by atoms with Gasteiger partial charge < -0.3 is 9.84 Å². The minimum Gasteiger partial charge on any atom is -0.481 e. The summed E-state index contributed by atoms with van der Waals surface area (Å²) in [5.41, 5.74) is 2.12. The summed E-state index contributed by atoms with van der Waals surface area (Å²) in [6, 6.07) is 8.62. The number of carboxylic acids is 1. The zero-order valence-corrected chi connectivity index (χ0v) is 11.2. The molecular formula is C14H12N4O3. The van der Waals surface area contributed by atoms with Gasteiger partial charge in [0.25, 0.3) is 0 Å². The first-order chi connectivity index (χ1) is 10.2. The third-order valence-corrected chi connectivity index (χ3v) is 3.11. The Morgan fingerprint density at radius 3 is 2.86 bits per heavy atom. The first-order valence-electron chi connectivity index (χ1n) is 6.23. The van der Waals surface area contributed by atoms with Gasteiger partial charge in [-0.1, -0.05) is 17.3 Å². The summed E-state index contributed by atoms with van der Waals surface area (Å²) in [4.78, 5) is 15.3. The van der Waals surface area contributed by atoms with E-state index in [1.54, 1.807) is 36.2 Å². The molecule has 0 amide bonds. The third-order valence-electron chi connectivity index (χ3n) is 3.11. The molecule has 0 aliphatic carbocycles. The maximum atomic E-state index is 11.2. The van der Waals surface area contributed by atoms with E-state index >= 15 is 0 Å². The number of aromatic nitrogens is 4. The average molecular weight is 284 g/mol. The van der Waals surface area contributed by atoms with Gasteiger partial charge in [-0.2, -0.15) is 0 Å². The van der Waals surface area contributed by atoms with Crippen LogP contribution in [0.3, 0.4) is 0 Å². The van der Waals surface area contributed by atoms with Gasteiger partial charge in [-0.3, -0.25) is 0 Å². The fraction of sp³-hybridized carbons (Fsp3) is 0.143. The first kappa shape index (κ1) is 13.0. The summed E-state index contributed by atoms with van der Waals surface area (Å²) < 4.78 is 6.65. The van der Waals surface area contributed by atoms with E-state index in [0.717, 1.165) is 5.56 Å². The lowest BCUT2D eigenvalue weighted by Gasteiger charge is -2.04. The smallest absolute Gasteiger partial charge is 0.338 e. The predicted octanol–water partition coefficient (Wildman–Crippen LogP) is 1.58. The van der Waals surface area contributed by atoms with Gasteiger partial charge in [0, 0.05) is 12.3 Å². The molecule has 106 valence electrons. The number of fused-ring (bicyclic) bond motifs is 1. The van der Waals surface area contributed by atoms with Crippen LogP contribution < -0.4 is 4.74 Å². The molecule has 21 heavy (non-hydrogen) atoms. The number of methoxy groups -OCH3 is 1. The van der Waals surface area contributed by atoms with Gasteiger partial charge in [-0.25, -0.2) is 14.5 Å². The topological polar surface area (TPSA) is 90.1 Å². The maximum absolute atomic E-state index is 11.2. The summed E-state index contributed by atoms with van der Waals surface area (Å²) in [5.74, 6) is -0.478. The van der Waals surface area contributed by atoms with Crippen molar-refractivity contribution in [2.24, 2.45) is 0 Å². The molecule has 2 aromatic heterocycles. The van der Waals surface area contributed by atoms with E-state index in [-0.39, 0.29) is 5.56 Å². The Morgan fingerprint density at radius 2 is 2.19 bits per heavy atom. The van der Waals surface area contributed by atoms with Crippen molar-refractivity contribution >= 4 is 17.0 Å². The second-order valence-electron chi connectivity index (χ2n) is 4.43. The van der Waals surface area contributed by atoms with Crippen LogP contribution in [0.25, 0.3) is 11.0 Å². The van der Waals surface area contributed by atoms with E-state index in [2.05, 4.69) is 15.3 Å². The number of rotatable bonds is 4. The summed E-state index contributed by atoms with van der Waals surface area (Å²) in [7, 11) is 1.56. The first-order valence-corrected chi connectivity index (χ1v) is 6.23. The summed E-state index contributed by atoms with van der Waals surface area (Å²) in [6.07, 6.45) is 1.69. The van der Waals surface area contributed by atoms with Crippen LogP contribution in [0.5, 0.6) is 5.88 Å². The number of carboxylic acid groups (broad SMARTS) is 1. The predicted molar refractivity (Wildman–Crippen MR) is 74.4 cm³/mol. The summed E-state index contributed by atoms with van der Waals surface area (Å²) >= 11 is 0. The molecule has 0 saturated carbocycles. The van der Waals surface area contributed by atoms with Crippen LogP contribution in [-0.2, 0) is 6.54 Å². The van der Waals surface area contributed by atoms with Crippen molar-refractivity contribution in [1.29, 1.82) is 0 Å². The highest BCUT2D eigenvalue weighted by atomic mass is 16.5. The Bertz CT molecular complexity index is 796. The molecule has 0 radical (unpaired) electrons. The summed E-state index contributed by atoms with van der Waals surface area (Å²) in [5, 5.41) is 17.1. The molecule has 0 aliphatic rings. The molecule has 0 fully saturated rings. The van der Waals surface area contributed by atoms with E-state index in [4.69, 9.17) is 9.84 Å². The molecule has 0 atom stereocenters. The minimum absolute atomic E-state index is 0.145.